The summed E-state index contributed by atoms with van der Waals surface area (Å²) in [5.41, 5.74) is 0.913. The highest BCUT2D eigenvalue weighted by atomic mass is 16.5. The Bertz CT molecular complexity index is 504. The van der Waals surface area contributed by atoms with Crippen molar-refractivity contribution in [3.8, 4) is 0 Å². The summed E-state index contributed by atoms with van der Waals surface area (Å²) >= 11 is 0. The third-order valence-electron chi connectivity index (χ3n) is 2.57. The van der Waals surface area contributed by atoms with Crippen molar-refractivity contribution in [2.45, 2.75) is 40.3 Å². The number of rotatable bonds is 7. The minimum absolute atomic E-state index is 0.462. The molecular weight excluding hydrogens is 244 g/mol. The fourth-order valence-electron chi connectivity index (χ4n) is 1.62. The molecule has 0 bridgehead atoms. The Labute approximate surface area is 112 Å². The summed E-state index contributed by atoms with van der Waals surface area (Å²) in [6.45, 7) is 8.49. The van der Waals surface area contributed by atoms with E-state index in [0.29, 0.717) is 24.2 Å². The molecule has 0 saturated carbocycles. The average molecular weight is 264 g/mol. The van der Waals surface area contributed by atoms with Crippen LogP contribution in [-0.4, -0.2) is 31.7 Å². The van der Waals surface area contributed by atoms with Gasteiger partial charge in [0.15, 0.2) is 5.82 Å². The van der Waals surface area contributed by atoms with Crippen LogP contribution in [0.25, 0.3) is 0 Å². The normalized spacial score (nSPS) is 11.4. The van der Waals surface area contributed by atoms with Crippen LogP contribution in [0.2, 0.25) is 0 Å². The molecule has 2 heterocycles. The van der Waals surface area contributed by atoms with Crippen molar-refractivity contribution in [2.75, 3.05) is 6.54 Å². The quantitative estimate of drug-likeness (QED) is 0.804. The SMILES string of the molecule is CCc1noc(Cn2cc(CNCC(C)C)nn2)n1. The first kappa shape index (κ1) is 13.7. The summed E-state index contributed by atoms with van der Waals surface area (Å²) in [7, 11) is 0. The lowest BCUT2D eigenvalue weighted by molar-refractivity contribution is 0.360. The first-order valence-electron chi connectivity index (χ1n) is 6.58. The lowest BCUT2D eigenvalue weighted by atomic mass is 10.2. The molecule has 0 saturated heterocycles. The maximum atomic E-state index is 5.12. The van der Waals surface area contributed by atoms with Crippen LogP contribution < -0.4 is 5.32 Å². The zero-order valence-electron chi connectivity index (χ0n) is 11.6. The minimum atomic E-state index is 0.462. The van der Waals surface area contributed by atoms with Crippen LogP contribution in [0.1, 0.15) is 38.2 Å². The third-order valence-corrected chi connectivity index (χ3v) is 2.57. The van der Waals surface area contributed by atoms with E-state index in [0.717, 1.165) is 25.2 Å². The molecule has 2 aromatic rings. The van der Waals surface area contributed by atoms with Crippen LogP contribution in [0.3, 0.4) is 0 Å². The number of nitrogens with one attached hydrogen (secondary N) is 1. The van der Waals surface area contributed by atoms with Crippen molar-refractivity contribution in [1.82, 2.24) is 30.5 Å². The molecule has 0 amide bonds. The molecule has 0 radical (unpaired) electrons. The van der Waals surface area contributed by atoms with Crippen molar-refractivity contribution in [3.05, 3.63) is 23.6 Å². The van der Waals surface area contributed by atoms with E-state index in [2.05, 4.69) is 39.6 Å². The Morgan fingerprint density at radius 1 is 1.42 bits per heavy atom. The molecule has 0 aliphatic rings. The average Bonchev–Trinajstić information content (AvgIpc) is 2.99. The van der Waals surface area contributed by atoms with E-state index < -0.39 is 0 Å². The molecule has 1 N–H and O–H groups in total. The molecule has 7 heteroatoms. The van der Waals surface area contributed by atoms with E-state index in [-0.39, 0.29) is 0 Å². The van der Waals surface area contributed by atoms with E-state index >= 15 is 0 Å². The molecule has 0 aliphatic carbocycles. The molecule has 0 unspecified atom stereocenters. The largest absolute Gasteiger partial charge is 0.337 e. The van der Waals surface area contributed by atoms with Gasteiger partial charge < -0.3 is 9.84 Å². The van der Waals surface area contributed by atoms with Crippen molar-refractivity contribution < 1.29 is 4.52 Å². The molecule has 0 fully saturated rings. The van der Waals surface area contributed by atoms with Crippen molar-refractivity contribution in [3.63, 3.8) is 0 Å². The second-order valence-corrected chi connectivity index (χ2v) is 4.89. The van der Waals surface area contributed by atoms with Crippen molar-refractivity contribution >= 4 is 0 Å². The highest BCUT2D eigenvalue weighted by molar-refractivity contribution is 4.94. The van der Waals surface area contributed by atoms with Crippen LogP contribution in [0.4, 0.5) is 0 Å². The van der Waals surface area contributed by atoms with Gasteiger partial charge in [0.05, 0.1) is 11.9 Å². The lowest BCUT2D eigenvalue weighted by Gasteiger charge is -2.04. The van der Waals surface area contributed by atoms with Crippen LogP contribution >= 0.6 is 0 Å². The Morgan fingerprint density at radius 3 is 2.95 bits per heavy atom. The number of aryl methyl sites for hydroxylation is 1. The van der Waals surface area contributed by atoms with Gasteiger partial charge in [0, 0.05) is 13.0 Å². The molecule has 2 aromatic heterocycles. The van der Waals surface area contributed by atoms with Gasteiger partial charge in [0.1, 0.15) is 6.54 Å². The van der Waals surface area contributed by atoms with E-state index in [1.165, 1.54) is 0 Å². The van der Waals surface area contributed by atoms with Gasteiger partial charge in [-0.1, -0.05) is 31.1 Å². The molecule has 2 rings (SSSR count). The van der Waals surface area contributed by atoms with Gasteiger partial charge in [-0.15, -0.1) is 5.10 Å². The van der Waals surface area contributed by atoms with E-state index in [1.54, 1.807) is 4.68 Å². The number of hydrogen-bond acceptors (Lipinski definition) is 6. The van der Waals surface area contributed by atoms with Crippen LogP contribution in [0.15, 0.2) is 10.7 Å². The molecule has 0 atom stereocenters. The molecule has 104 valence electrons. The predicted molar refractivity (Wildman–Crippen MR) is 69.3 cm³/mol. The number of nitrogens with zero attached hydrogens (tertiary/aromatic N) is 5. The zero-order chi connectivity index (χ0) is 13.7. The summed E-state index contributed by atoms with van der Waals surface area (Å²) in [4.78, 5) is 4.24. The first-order valence-corrected chi connectivity index (χ1v) is 6.58. The topological polar surface area (TPSA) is 81.7 Å². The van der Waals surface area contributed by atoms with Gasteiger partial charge in [-0.2, -0.15) is 4.98 Å². The monoisotopic (exact) mass is 264 g/mol. The Morgan fingerprint density at radius 2 is 2.26 bits per heavy atom. The van der Waals surface area contributed by atoms with Crippen LogP contribution in [0, 0.1) is 5.92 Å². The van der Waals surface area contributed by atoms with Gasteiger partial charge in [0.25, 0.3) is 0 Å². The second-order valence-electron chi connectivity index (χ2n) is 4.89. The van der Waals surface area contributed by atoms with Gasteiger partial charge in [-0.25, -0.2) is 4.68 Å². The fraction of sp³-hybridized carbons (Fsp3) is 0.667. The molecule has 0 spiro atoms. The van der Waals surface area contributed by atoms with Crippen molar-refractivity contribution in [2.24, 2.45) is 5.92 Å². The van der Waals surface area contributed by atoms with Crippen molar-refractivity contribution in [1.29, 1.82) is 0 Å². The second kappa shape index (κ2) is 6.42. The smallest absolute Gasteiger partial charge is 0.248 e. The highest BCUT2D eigenvalue weighted by Crippen LogP contribution is 2.01. The molecule has 0 aliphatic heterocycles. The molecular formula is C12H20N6O. The summed E-state index contributed by atoms with van der Waals surface area (Å²) in [6, 6.07) is 0. The minimum Gasteiger partial charge on any atom is -0.337 e. The summed E-state index contributed by atoms with van der Waals surface area (Å²) in [6.07, 6.45) is 2.66. The first-order chi connectivity index (χ1) is 9.17. The molecule has 19 heavy (non-hydrogen) atoms. The predicted octanol–water partition coefficient (Wildman–Crippen LogP) is 1.02. The summed E-state index contributed by atoms with van der Waals surface area (Å²) < 4.78 is 6.82. The summed E-state index contributed by atoms with van der Waals surface area (Å²) in [5.74, 6) is 1.90. The van der Waals surface area contributed by atoms with E-state index in [1.807, 2.05) is 13.1 Å². The van der Waals surface area contributed by atoms with E-state index in [9.17, 15) is 0 Å². The molecule has 7 nitrogen and oxygen atoms in total. The lowest BCUT2D eigenvalue weighted by Crippen LogP contribution is -2.19. The maximum absolute atomic E-state index is 5.12. The summed E-state index contributed by atoms with van der Waals surface area (Å²) in [5, 5.41) is 15.3. The third kappa shape index (κ3) is 4.13. The Kier molecular flexibility index (Phi) is 4.62. The van der Waals surface area contributed by atoms with Gasteiger partial charge >= 0.3 is 0 Å². The van der Waals surface area contributed by atoms with E-state index in [4.69, 9.17) is 4.52 Å². The molecule has 0 aromatic carbocycles. The number of aromatic nitrogens is 5. The Hall–Kier alpha value is -1.76. The van der Waals surface area contributed by atoms with Gasteiger partial charge in [-0.3, -0.25) is 0 Å². The maximum Gasteiger partial charge on any atom is 0.248 e. The van der Waals surface area contributed by atoms with Crippen LogP contribution in [-0.2, 0) is 19.5 Å². The van der Waals surface area contributed by atoms with Crippen LogP contribution in [0.5, 0.6) is 0 Å². The standard InChI is InChI=1S/C12H20N6O/c1-4-11-14-12(19-16-11)8-18-7-10(15-17-18)6-13-5-9(2)3/h7,9,13H,4-6,8H2,1-3H3. The van der Waals surface area contributed by atoms with Gasteiger partial charge in [-0.05, 0) is 12.5 Å². The fourth-order valence-corrected chi connectivity index (χ4v) is 1.62. The zero-order valence-corrected chi connectivity index (χ0v) is 11.6. The van der Waals surface area contributed by atoms with Gasteiger partial charge in [0.2, 0.25) is 5.89 Å². The highest BCUT2D eigenvalue weighted by Gasteiger charge is 2.07. The Balaban J connectivity index is 1.86. The number of hydrogen-bond donors (Lipinski definition) is 1.